The summed E-state index contributed by atoms with van der Waals surface area (Å²) in [5.74, 6) is 0.0853. The van der Waals surface area contributed by atoms with Gasteiger partial charge in [0.25, 0.3) is 11.8 Å². The van der Waals surface area contributed by atoms with Gasteiger partial charge in [0.1, 0.15) is 11.4 Å². The number of nitrogens with zero attached hydrogens (tertiary/aromatic N) is 1. The molecule has 0 unspecified atom stereocenters. The Kier molecular flexibility index (Phi) is 6.31. The van der Waals surface area contributed by atoms with Crippen molar-refractivity contribution in [3.05, 3.63) is 100 Å². The molecule has 2 amide bonds. The number of ether oxygens (including phenoxy) is 1. The summed E-state index contributed by atoms with van der Waals surface area (Å²) < 4.78 is 5.54. The van der Waals surface area contributed by atoms with Crippen LogP contribution in [0.25, 0.3) is 5.57 Å². The van der Waals surface area contributed by atoms with Crippen molar-refractivity contribution in [1.29, 1.82) is 0 Å². The Morgan fingerprint density at radius 2 is 1.48 bits per heavy atom. The van der Waals surface area contributed by atoms with Gasteiger partial charge in [0.05, 0.1) is 18.7 Å². The number of hydrogen-bond donors (Lipinski definition) is 1. The lowest BCUT2D eigenvalue weighted by Crippen LogP contribution is -2.32. The van der Waals surface area contributed by atoms with Gasteiger partial charge >= 0.3 is 0 Å². The predicted molar refractivity (Wildman–Crippen MR) is 131 cm³/mol. The molecule has 0 saturated carbocycles. The Bertz CT molecular complexity index is 1230. The second-order valence-corrected chi connectivity index (χ2v) is 8.33. The van der Waals surface area contributed by atoms with Crippen molar-refractivity contribution in [2.45, 2.75) is 34.2 Å². The second-order valence-electron chi connectivity index (χ2n) is 8.33. The summed E-state index contributed by atoms with van der Waals surface area (Å²) in [6.07, 6.45) is 0. The molecule has 1 N–H and O–H groups in total. The fourth-order valence-electron chi connectivity index (χ4n) is 3.87. The van der Waals surface area contributed by atoms with Gasteiger partial charge in [0.2, 0.25) is 0 Å². The first-order chi connectivity index (χ1) is 15.9. The summed E-state index contributed by atoms with van der Waals surface area (Å²) in [5, 5.41) is 3.28. The van der Waals surface area contributed by atoms with Gasteiger partial charge in [-0.2, -0.15) is 0 Å². The molecule has 0 radical (unpaired) electrons. The molecule has 5 heteroatoms. The lowest BCUT2D eigenvalue weighted by atomic mass is 10.0. The van der Waals surface area contributed by atoms with Crippen molar-refractivity contribution in [3.8, 4) is 5.75 Å². The highest BCUT2D eigenvalue weighted by atomic mass is 16.5. The van der Waals surface area contributed by atoms with Crippen LogP contribution < -0.4 is 10.1 Å². The molecule has 0 atom stereocenters. The first kappa shape index (κ1) is 22.3. The molecular formula is C28H28N2O3. The topological polar surface area (TPSA) is 58.6 Å². The maximum absolute atomic E-state index is 13.5. The van der Waals surface area contributed by atoms with E-state index in [9.17, 15) is 9.59 Å². The van der Waals surface area contributed by atoms with E-state index >= 15 is 0 Å². The van der Waals surface area contributed by atoms with Gasteiger partial charge in [-0.3, -0.25) is 14.5 Å². The average molecular weight is 441 g/mol. The van der Waals surface area contributed by atoms with Crippen LogP contribution in [0.2, 0.25) is 0 Å². The highest BCUT2D eigenvalue weighted by molar-refractivity contribution is 6.36. The first-order valence-corrected chi connectivity index (χ1v) is 11.1. The van der Waals surface area contributed by atoms with Crippen molar-refractivity contribution in [2.75, 3.05) is 11.9 Å². The zero-order valence-corrected chi connectivity index (χ0v) is 19.4. The average Bonchev–Trinajstić information content (AvgIpc) is 3.03. The minimum atomic E-state index is -0.328. The summed E-state index contributed by atoms with van der Waals surface area (Å²) >= 11 is 0. The van der Waals surface area contributed by atoms with Crippen molar-refractivity contribution >= 4 is 23.1 Å². The minimum Gasteiger partial charge on any atom is -0.494 e. The largest absolute Gasteiger partial charge is 0.494 e. The Morgan fingerprint density at radius 3 is 2.15 bits per heavy atom. The molecule has 1 aliphatic heterocycles. The number of amides is 2. The second kappa shape index (κ2) is 9.33. The van der Waals surface area contributed by atoms with E-state index in [4.69, 9.17) is 4.74 Å². The standard InChI is InChI=1S/C28H28N2O3/c1-5-33-23-14-12-22(13-15-23)25-26(29-24-16-19(3)6-9-20(24)4)28(32)30(27(25)31)17-21-10-7-18(2)8-11-21/h6-16,29H,5,17H2,1-4H3. The number of carbonyl (C=O) groups excluding carboxylic acids is 2. The van der Waals surface area contributed by atoms with E-state index in [0.717, 1.165) is 33.7 Å². The summed E-state index contributed by atoms with van der Waals surface area (Å²) in [6.45, 7) is 8.68. The number of imide groups is 1. The fourth-order valence-corrected chi connectivity index (χ4v) is 3.87. The van der Waals surface area contributed by atoms with Gasteiger partial charge < -0.3 is 10.1 Å². The zero-order valence-electron chi connectivity index (χ0n) is 19.4. The molecule has 5 nitrogen and oxygen atoms in total. The van der Waals surface area contributed by atoms with Gasteiger partial charge in [0, 0.05) is 5.69 Å². The van der Waals surface area contributed by atoms with Crippen LogP contribution in [0.15, 0.2) is 72.4 Å². The lowest BCUT2D eigenvalue weighted by Gasteiger charge is -2.16. The third-order valence-corrected chi connectivity index (χ3v) is 5.74. The Balaban J connectivity index is 1.74. The van der Waals surface area contributed by atoms with Crippen LogP contribution in [0.3, 0.4) is 0 Å². The van der Waals surface area contributed by atoms with Gasteiger partial charge in [-0.05, 0) is 68.1 Å². The number of hydrogen-bond acceptors (Lipinski definition) is 4. The molecule has 4 rings (SSSR count). The lowest BCUT2D eigenvalue weighted by molar-refractivity contribution is -0.137. The predicted octanol–water partition coefficient (Wildman–Crippen LogP) is 5.40. The molecule has 168 valence electrons. The smallest absolute Gasteiger partial charge is 0.278 e. The zero-order chi connectivity index (χ0) is 23.5. The van der Waals surface area contributed by atoms with Crippen LogP contribution in [0.4, 0.5) is 5.69 Å². The van der Waals surface area contributed by atoms with Crippen LogP contribution in [0, 0.1) is 20.8 Å². The van der Waals surface area contributed by atoms with Crippen molar-refractivity contribution in [3.63, 3.8) is 0 Å². The number of aryl methyl sites for hydroxylation is 3. The summed E-state index contributed by atoms with van der Waals surface area (Å²) in [4.78, 5) is 28.3. The quantitative estimate of drug-likeness (QED) is 0.500. The molecule has 3 aromatic carbocycles. The number of rotatable bonds is 7. The van der Waals surface area contributed by atoms with Crippen molar-refractivity contribution < 1.29 is 14.3 Å². The van der Waals surface area contributed by atoms with Gasteiger partial charge in [0.15, 0.2) is 0 Å². The third-order valence-electron chi connectivity index (χ3n) is 5.74. The van der Waals surface area contributed by atoms with E-state index in [2.05, 4.69) is 5.32 Å². The normalized spacial score (nSPS) is 13.6. The molecule has 0 saturated heterocycles. The van der Waals surface area contributed by atoms with Crippen molar-refractivity contribution in [1.82, 2.24) is 4.90 Å². The highest BCUT2D eigenvalue weighted by Gasteiger charge is 2.39. The molecule has 1 heterocycles. The van der Waals surface area contributed by atoms with E-state index < -0.39 is 0 Å². The fraction of sp³-hybridized carbons (Fsp3) is 0.214. The summed E-state index contributed by atoms with van der Waals surface area (Å²) in [5.41, 5.74) is 6.25. The Hall–Kier alpha value is -3.86. The van der Waals surface area contributed by atoms with E-state index in [0.29, 0.717) is 23.4 Å². The molecule has 0 fully saturated rings. The van der Waals surface area contributed by atoms with Crippen LogP contribution in [-0.2, 0) is 16.1 Å². The SMILES string of the molecule is CCOc1ccc(C2=C(Nc3cc(C)ccc3C)C(=O)N(Cc3ccc(C)cc3)C2=O)cc1. The van der Waals surface area contributed by atoms with Crippen molar-refractivity contribution in [2.24, 2.45) is 0 Å². The van der Waals surface area contributed by atoms with E-state index in [1.54, 1.807) is 0 Å². The minimum absolute atomic E-state index is 0.219. The van der Waals surface area contributed by atoms with Crippen LogP contribution in [-0.4, -0.2) is 23.3 Å². The molecule has 3 aromatic rings. The molecule has 0 aliphatic carbocycles. The maximum atomic E-state index is 13.5. The number of carbonyl (C=O) groups is 2. The van der Waals surface area contributed by atoms with Gasteiger partial charge in [-0.15, -0.1) is 0 Å². The van der Waals surface area contributed by atoms with Crippen LogP contribution >= 0.6 is 0 Å². The highest BCUT2D eigenvalue weighted by Crippen LogP contribution is 2.33. The Morgan fingerprint density at radius 1 is 0.818 bits per heavy atom. The maximum Gasteiger partial charge on any atom is 0.278 e. The molecule has 1 aliphatic rings. The van der Waals surface area contributed by atoms with Gasteiger partial charge in [-0.25, -0.2) is 0 Å². The molecule has 0 bridgehead atoms. The Labute approximate surface area is 194 Å². The van der Waals surface area contributed by atoms with E-state index in [-0.39, 0.29) is 18.4 Å². The third kappa shape index (κ3) is 4.67. The van der Waals surface area contributed by atoms with Crippen LogP contribution in [0.1, 0.15) is 34.7 Å². The molecule has 0 spiro atoms. The van der Waals surface area contributed by atoms with E-state index in [1.807, 2.05) is 94.4 Å². The number of anilines is 1. The molecule has 0 aromatic heterocycles. The summed E-state index contributed by atoms with van der Waals surface area (Å²) in [7, 11) is 0. The summed E-state index contributed by atoms with van der Waals surface area (Å²) in [6, 6.07) is 21.2. The van der Waals surface area contributed by atoms with Gasteiger partial charge in [-0.1, -0.05) is 54.1 Å². The monoisotopic (exact) mass is 440 g/mol. The number of nitrogens with one attached hydrogen (secondary N) is 1. The number of benzene rings is 3. The first-order valence-electron chi connectivity index (χ1n) is 11.1. The van der Waals surface area contributed by atoms with Crippen LogP contribution in [0.5, 0.6) is 5.75 Å². The molecular weight excluding hydrogens is 412 g/mol. The molecule has 33 heavy (non-hydrogen) atoms. The van der Waals surface area contributed by atoms with E-state index in [1.165, 1.54) is 4.90 Å².